The highest BCUT2D eigenvalue weighted by atomic mass is 19.1. The molecule has 10 heteroatoms. The average Bonchev–Trinajstić information content (AvgIpc) is 3.37. The van der Waals surface area contributed by atoms with Gasteiger partial charge in [0.25, 0.3) is 0 Å². The molecule has 35 heavy (non-hydrogen) atoms. The molecule has 184 valence electrons. The molecule has 0 unspecified atom stereocenters. The zero-order valence-corrected chi connectivity index (χ0v) is 20.0. The summed E-state index contributed by atoms with van der Waals surface area (Å²) < 4.78 is 37.1. The topological polar surface area (TPSA) is 78.1 Å². The highest BCUT2D eigenvalue weighted by molar-refractivity contribution is 6.02. The van der Waals surface area contributed by atoms with Crippen LogP contribution in [0.25, 0.3) is 33.2 Å². The molecule has 8 nitrogen and oxygen atoms in total. The number of ether oxygens (including phenoxy) is 1. The Hall–Kier alpha value is -3.40. The van der Waals surface area contributed by atoms with Crippen molar-refractivity contribution in [2.24, 2.45) is 7.05 Å². The smallest absolute Gasteiger partial charge is 0.330 e. The lowest BCUT2D eigenvalue weighted by Crippen LogP contribution is -2.23. The first kappa shape index (κ1) is 23.3. The minimum Gasteiger partial charge on any atom is -0.478 e. The summed E-state index contributed by atoms with van der Waals surface area (Å²) in [5, 5.41) is 8.96. The van der Waals surface area contributed by atoms with E-state index in [1.807, 2.05) is 13.8 Å². The first-order valence-electron chi connectivity index (χ1n) is 11.9. The number of alkyl halides is 1. The van der Waals surface area contributed by atoms with Gasteiger partial charge in [0.1, 0.15) is 17.5 Å². The molecule has 4 aromatic rings. The molecular weight excluding hydrogens is 454 g/mol. The van der Waals surface area contributed by atoms with Crippen LogP contribution >= 0.6 is 0 Å². The molecule has 0 spiro atoms. The Bertz CT molecular complexity index is 1430. The Kier molecular flexibility index (Phi) is 6.22. The van der Waals surface area contributed by atoms with Crippen LogP contribution in [0.3, 0.4) is 0 Å². The van der Waals surface area contributed by atoms with Gasteiger partial charge in [0, 0.05) is 67.6 Å². The standard InChI is InChI=1S/C25H28F2N6O2/c1-15(2)33-23-19-11-18(20(27)12-21(19)29-30-24(23)31(3)25(33)34)16-5-6-22(28-13-16)35-10-4-8-32-9-7-17(26)14-32/h5-6,11-13,15,17H,4,7-10,14H2,1-3H3/t17-/m0/s1. The summed E-state index contributed by atoms with van der Waals surface area (Å²) in [4.78, 5) is 19.2. The second kappa shape index (κ2) is 9.33. The zero-order chi connectivity index (χ0) is 24.7. The third kappa shape index (κ3) is 4.38. The summed E-state index contributed by atoms with van der Waals surface area (Å²) in [6, 6.07) is 6.40. The molecule has 0 aliphatic carbocycles. The van der Waals surface area contributed by atoms with Crippen molar-refractivity contribution < 1.29 is 13.5 Å². The molecule has 1 aromatic carbocycles. The molecule has 0 bridgehead atoms. The summed E-state index contributed by atoms with van der Waals surface area (Å²) >= 11 is 0. The lowest BCUT2D eigenvalue weighted by Gasteiger charge is -2.14. The van der Waals surface area contributed by atoms with Gasteiger partial charge in [-0.1, -0.05) is 0 Å². The molecule has 0 N–H and O–H groups in total. The molecule has 0 radical (unpaired) electrons. The van der Waals surface area contributed by atoms with E-state index in [2.05, 4.69) is 20.1 Å². The second-order valence-corrected chi connectivity index (χ2v) is 9.30. The Morgan fingerprint density at radius 3 is 2.74 bits per heavy atom. The minimum absolute atomic E-state index is 0.103. The van der Waals surface area contributed by atoms with Crippen molar-refractivity contribution in [2.75, 3.05) is 26.2 Å². The van der Waals surface area contributed by atoms with Gasteiger partial charge >= 0.3 is 5.69 Å². The fourth-order valence-electron chi connectivity index (χ4n) is 4.69. The van der Waals surface area contributed by atoms with E-state index in [4.69, 9.17) is 4.74 Å². The number of imidazole rings is 1. The zero-order valence-electron chi connectivity index (χ0n) is 20.0. The molecule has 4 heterocycles. The number of aromatic nitrogens is 5. The van der Waals surface area contributed by atoms with Gasteiger partial charge in [0.05, 0.1) is 12.1 Å². The van der Waals surface area contributed by atoms with Gasteiger partial charge in [0.2, 0.25) is 5.88 Å². The quantitative estimate of drug-likeness (QED) is 0.372. The van der Waals surface area contributed by atoms with Crippen LogP contribution in [-0.2, 0) is 7.05 Å². The molecule has 1 saturated heterocycles. The number of likely N-dealkylation sites (tertiary alicyclic amines) is 1. The Labute approximate surface area is 201 Å². The summed E-state index contributed by atoms with van der Waals surface area (Å²) in [5.74, 6) is -0.00234. The SMILES string of the molecule is CC(C)n1c(=O)n(C)c2nnc3cc(F)c(-c4ccc(OCCCN5CC[C@H](F)C5)nc4)cc3c21. The fourth-order valence-corrected chi connectivity index (χ4v) is 4.69. The van der Waals surface area contributed by atoms with Gasteiger partial charge < -0.3 is 9.64 Å². The normalized spacial score (nSPS) is 16.7. The molecule has 0 saturated carbocycles. The van der Waals surface area contributed by atoms with Gasteiger partial charge in [0.15, 0.2) is 5.65 Å². The number of halogens is 2. The van der Waals surface area contributed by atoms with Crippen LogP contribution in [0.4, 0.5) is 8.78 Å². The largest absolute Gasteiger partial charge is 0.478 e. The van der Waals surface area contributed by atoms with Crippen molar-refractivity contribution in [2.45, 2.75) is 38.9 Å². The molecular formula is C25H28F2N6O2. The molecule has 1 fully saturated rings. The van der Waals surface area contributed by atoms with Crippen molar-refractivity contribution in [3.8, 4) is 17.0 Å². The first-order chi connectivity index (χ1) is 16.8. The predicted molar refractivity (Wildman–Crippen MR) is 130 cm³/mol. The summed E-state index contributed by atoms with van der Waals surface area (Å²) in [7, 11) is 1.65. The van der Waals surface area contributed by atoms with Gasteiger partial charge in [-0.05, 0) is 38.8 Å². The highest BCUT2D eigenvalue weighted by Crippen LogP contribution is 2.31. The highest BCUT2D eigenvalue weighted by Gasteiger charge is 2.21. The number of rotatable bonds is 7. The maximum atomic E-state index is 15.0. The van der Waals surface area contributed by atoms with E-state index in [-0.39, 0.29) is 11.7 Å². The van der Waals surface area contributed by atoms with Crippen LogP contribution in [0.5, 0.6) is 5.88 Å². The average molecular weight is 483 g/mol. The molecule has 0 amide bonds. The third-order valence-corrected chi connectivity index (χ3v) is 6.50. The van der Waals surface area contributed by atoms with Crippen LogP contribution in [-0.4, -0.2) is 61.6 Å². The second-order valence-electron chi connectivity index (χ2n) is 9.30. The number of hydrogen-bond acceptors (Lipinski definition) is 6. The molecule has 1 atom stereocenters. The molecule has 1 aliphatic heterocycles. The lowest BCUT2D eigenvalue weighted by atomic mass is 10.0. The number of benzene rings is 1. The number of hydrogen-bond donors (Lipinski definition) is 0. The van der Waals surface area contributed by atoms with Crippen molar-refractivity contribution in [3.63, 3.8) is 0 Å². The third-order valence-electron chi connectivity index (χ3n) is 6.50. The fraction of sp³-hybridized carbons (Fsp3) is 0.440. The van der Waals surface area contributed by atoms with E-state index in [0.29, 0.717) is 58.6 Å². The van der Waals surface area contributed by atoms with Crippen molar-refractivity contribution >= 4 is 22.1 Å². The van der Waals surface area contributed by atoms with Crippen LogP contribution < -0.4 is 10.4 Å². The lowest BCUT2D eigenvalue weighted by molar-refractivity contribution is 0.244. The van der Waals surface area contributed by atoms with Gasteiger partial charge in [-0.3, -0.25) is 9.13 Å². The minimum atomic E-state index is -0.719. The first-order valence-corrected chi connectivity index (χ1v) is 11.9. The van der Waals surface area contributed by atoms with Crippen LogP contribution in [0.1, 0.15) is 32.7 Å². The molecule has 3 aromatic heterocycles. The van der Waals surface area contributed by atoms with E-state index in [9.17, 15) is 9.18 Å². The van der Waals surface area contributed by atoms with Crippen molar-refractivity contribution in [1.29, 1.82) is 0 Å². The Morgan fingerprint density at radius 1 is 1.23 bits per heavy atom. The molecule has 5 rings (SSSR count). The van der Waals surface area contributed by atoms with Gasteiger partial charge in [-0.2, -0.15) is 0 Å². The monoisotopic (exact) mass is 482 g/mol. The predicted octanol–water partition coefficient (Wildman–Crippen LogP) is 3.88. The van der Waals surface area contributed by atoms with E-state index < -0.39 is 12.0 Å². The summed E-state index contributed by atoms with van der Waals surface area (Å²) in [6.07, 6.45) is 2.23. The van der Waals surface area contributed by atoms with Crippen LogP contribution in [0.15, 0.2) is 35.3 Å². The van der Waals surface area contributed by atoms with Crippen LogP contribution in [0, 0.1) is 5.82 Å². The maximum absolute atomic E-state index is 15.0. The van der Waals surface area contributed by atoms with Gasteiger partial charge in [-0.25, -0.2) is 18.6 Å². The number of fused-ring (bicyclic) bond motifs is 3. The number of nitrogens with zero attached hydrogens (tertiary/aromatic N) is 6. The Morgan fingerprint density at radius 2 is 2.06 bits per heavy atom. The number of aryl methyl sites for hydroxylation is 1. The van der Waals surface area contributed by atoms with Crippen molar-refractivity contribution in [1.82, 2.24) is 29.2 Å². The summed E-state index contributed by atoms with van der Waals surface area (Å²) in [5.41, 5.74) is 2.20. The van der Waals surface area contributed by atoms with E-state index >= 15 is 4.39 Å². The molecule has 1 aliphatic rings. The van der Waals surface area contributed by atoms with E-state index in [1.54, 1.807) is 36.0 Å². The van der Waals surface area contributed by atoms with Crippen molar-refractivity contribution in [3.05, 3.63) is 46.8 Å². The van der Waals surface area contributed by atoms with Crippen LogP contribution in [0.2, 0.25) is 0 Å². The Balaban J connectivity index is 1.40. The maximum Gasteiger partial charge on any atom is 0.330 e. The van der Waals surface area contributed by atoms with E-state index in [0.717, 1.165) is 19.5 Å². The van der Waals surface area contributed by atoms with Gasteiger partial charge in [-0.15, -0.1) is 10.2 Å². The van der Waals surface area contributed by atoms with E-state index in [1.165, 1.54) is 10.6 Å². The number of pyridine rings is 1. The summed E-state index contributed by atoms with van der Waals surface area (Å²) in [6.45, 7) is 6.39.